The maximum Gasteiger partial charge on any atom is 0.170 e. The van der Waals surface area contributed by atoms with E-state index in [0.29, 0.717) is 11.1 Å². The first-order valence-electron chi connectivity index (χ1n) is 5.95. The lowest BCUT2D eigenvalue weighted by Gasteiger charge is -2.02. The Kier molecular flexibility index (Phi) is 4.27. The Hall–Kier alpha value is -1.74. The van der Waals surface area contributed by atoms with Crippen LogP contribution in [0, 0.1) is 6.92 Å². The number of benzene rings is 2. The van der Waals surface area contributed by atoms with Crippen molar-refractivity contribution in [3.8, 4) is 0 Å². The van der Waals surface area contributed by atoms with Crippen molar-refractivity contribution in [2.75, 3.05) is 0 Å². The van der Waals surface area contributed by atoms with Crippen LogP contribution in [0.15, 0.2) is 53.0 Å². The van der Waals surface area contributed by atoms with Crippen molar-refractivity contribution in [3.05, 3.63) is 69.7 Å². The van der Waals surface area contributed by atoms with E-state index in [1.54, 1.807) is 36.4 Å². The summed E-state index contributed by atoms with van der Waals surface area (Å²) in [4.78, 5) is 23.9. The summed E-state index contributed by atoms with van der Waals surface area (Å²) in [5.41, 5.74) is 2.23. The second-order valence-electron chi connectivity index (χ2n) is 4.40. The molecular weight excluding hydrogens is 304 g/mol. The summed E-state index contributed by atoms with van der Waals surface area (Å²) in [5.74, 6) is -0.300. The van der Waals surface area contributed by atoms with Crippen LogP contribution >= 0.6 is 15.9 Å². The largest absolute Gasteiger partial charge is 0.294 e. The van der Waals surface area contributed by atoms with Crippen LogP contribution in [-0.2, 0) is 0 Å². The molecule has 3 heteroatoms. The molecular formula is C16H13BrO2. The summed E-state index contributed by atoms with van der Waals surface area (Å²) in [5, 5.41) is 0. The van der Waals surface area contributed by atoms with Gasteiger partial charge >= 0.3 is 0 Å². The minimum atomic E-state index is -0.155. The molecule has 0 spiro atoms. The molecule has 0 bridgehead atoms. The molecule has 2 rings (SSSR count). The van der Waals surface area contributed by atoms with E-state index in [9.17, 15) is 9.59 Å². The second kappa shape index (κ2) is 5.93. The molecule has 0 N–H and O–H groups in total. The molecule has 2 nitrogen and oxygen atoms in total. The molecule has 2 aromatic carbocycles. The highest BCUT2D eigenvalue weighted by molar-refractivity contribution is 9.10. The van der Waals surface area contributed by atoms with Crippen LogP contribution < -0.4 is 0 Å². The van der Waals surface area contributed by atoms with Crippen molar-refractivity contribution >= 4 is 27.5 Å². The highest BCUT2D eigenvalue weighted by Crippen LogP contribution is 2.13. The maximum atomic E-state index is 12.0. The fourth-order valence-electron chi connectivity index (χ4n) is 1.73. The molecule has 0 amide bonds. The Bertz CT molecular complexity index is 542. The minimum Gasteiger partial charge on any atom is -0.294 e. The lowest BCUT2D eigenvalue weighted by molar-refractivity contribution is 0.0894. The van der Waals surface area contributed by atoms with Crippen LogP contribution in [0.3, 0.4) is 0 Å². The van der Waals surface area contributed by atoms with Gasteiger partial charge in [0.25, 0.3) is 0 Å². The Morgan fingerprint density at radius 1 is 0.842 bits per heavy atom. The number of carbonyl (C=O) groups is 2. The first-order valence-corrected chi connectivity index (χ1v) is 6.74. The Balaban J connectivity index is 2.08. The molecule has 0 aliphatic heterocycles. The highest BCUT2D eigenvalue weighted by Gasteiger charge is 2.13. The van der Waals surface area contributed by atoms with Gasteiger partial charge in [0.05, 0.1) is 6.42 Å². The SMILES string of the molecule is Cc1ccc(C(=O)CC(=O)c2ccc(Br)cc2)cc1. The molecule has 2 aromatic rings. The van der Waals surface area contributed by atoms with Gasteiger partial charge in [0, 0.05) is 15.6 Å². The number of hydrogen-bond acceptors (Lipinski definition) is 2. The molecule has 0 saturated heterocycles. The summed E-state index contributed by atoms with van der Waals surface area (Å²) in [6, 6.07) is 14.3. The average molecular weight is 317 g/mol. The minimum absolute atomic E-state index is 0.0926. The molecule has 0 heterocycles. The van der Waals surface area contributed by atoms with Gasteiger partial charge in [0.1, 0.15) is 0 Å². The third-order valence-corrected chi connectivity index (χ3v) is 3.39. The number of hydrogen-bond donors (Lipinski definition) is 0. The lowest BCUT2D eigenvalue weighted by atomic mass is 10.0. The van der Waals surface area contributed by atoms with Gasteiger partial charge in [-0.3, -0.25) is 9.59 Å². The number of Topliss-reactive ketones (excluding diaryl/α,β-unsaturated/α-hetero) is 2. The third-order valence-electron chi connectivity index (χ3n) is 2.86. The van der Waals surface area contributed by atoms with E-state index in [1.165, 1.54) is 0 Å². The van der Waals surface area contributed by atoms with E-state index in [2.05, 4.69) is 15.9 Å². The number of carbonyl (C=O) groups excluding carboxylic acids is 2. The van der Waals surface area contributed by atoms with E-state index >= 15 is 0 Å². The normalized spacial score (nSPS) is 10.2. The quantitative estimate of drug-likeness (QED) is 0.625. The lowest BCUT2D eigenvalue weighted by Crippen LogP contribution is -2.08. The number of rotatable bonds is 4. The fraction of sp³-hybridized carbons (Fsp3) is 0.125. The molecule has 96 valence electrons. The molecule has 0 radical (unpaired) electrons. The van der Waals surface area contributed by atoms with Crippen LogP contribution in [-0.4, -0.2) is 11.6 Å². The molecule has 0 aliphatic rings. The number of ketones is 2. The van der Waals surface area contributed by atoms with Gasteiger partial charge in [-0.2, -0.15) is 0 Å². The summed E-state index contributed by atoms with van der Waals surface area (Å²) in [6.07, 6.45) is -0.0926. The Morgan fingerprint density at radius 3 is 1.74 bits per heavy atom. The molecule has 0 aromatic heterocycles. The summed E-state index contributed by atoms with van der Waals surface area (Å²) in [7, 11) is 0. The van der Waals surface area contributed by atoms with Gasteiger partial charge in [-0.1, -0.05) is 57.9 Å². The first kappa shape index (κ1) is 13.7. The first-order chi connectivity index (χ1) is 9.06. The van der Waals surface area contributed by atoms with E-state index in [1.807, 2.05) is 19.1 Å². The molecule has 19 heavy (non-hydrogen) atoms. The van der Waals surface area contributed by atoms with Gasteiger partial charge in [0.15, 0.2) is 11.6 Å². The topological polar surface area (TPSA) is 34.1 Å². The van der Waals surface area contributed by atoms with Crippen LogP contribution in [0.4, 0.5) is 0 Å². The van der Waals surface area contributed by atoms with Crippen LogP contribution in [0.25, 0.3) is 0 Å². The zero-order chi connectivity index (χ0) is 13.8. The van der Waals surface area contributed by atoms with E-state index in [4.69, 9.17) is 0 Å². The van der Waals surface area contributed by atoms with Crippen molar-refractivity contribution in [1.29, 1.82) is 0 Å². The molecule has 0 unspecified atom stereocenters. The Labute approximate surface area is 120 Å². The van der Waals surface area contributed by atoms with E-state index in [-0.39, 0.29) is 18.0 Å². The maximum absolute atomic E-state index is 12.0. The third kappa shape index (κ3) is 3.61. The average Bonchev–Trinajstić information content (AvgIpc) is 2.40. The van der Waals surface area contributed by atoms with Gasteiger partial charge in [0.2, 0.25) is 0 Å². The van der Waals surface area contributed by atoms with E-state index < -0.39 is 0 Å². The second-order valence-corrected chi connectivity index (χ2v) is 5.31. The van der Waals surface area contributed by atoms with Crippen molar-refractivity contribution in [1.82, 2.24) is 0 Å². The zero-order valence-electron chi connectivity index (χ0n) is 10.5. The predicted molar refractivity (Wildman–Crippen MR) is 78.6 cm³/mol. The van der Waals surface area contributed by atoms with Crippen molar-refractivity contribution < 1.29 is 9.59 Å². The summed E-state index contributed by atoms with van der Waals surface area (Å²) < 4.78 is 0.911. The highest BCUT2D eigenvalue weighted by atomic mass is 79.9. The smallest absolute Gasteiger partial charge is 0.170 e. The van der Waals surface area contributed by atoms with Crippen LogP contribution in [0.5, 0.6) is 0 Å². The summed E-state index contributed by atoms with van der Waals surface area (Å²) >= 11 is 3.31. The van der Waals surface area contributed by atoms with Gasteiger partial charge in [-0.05, 0) is 19.1 Å². The molecule has 0 fully saturated rings. The van der Waals surface area contributed by atoms with Gasteiger partial charge < -0.3 is 0 Å². The fourth-order valence-corrected chi connectivity index (χ4v) is 1.99. The zero-order valence-corrected chi connectivity index (χ0v) is 12.1. The van der Waals surface area contributed by atoms with Crippen LogP contribution in [0.1, 0.15) is 32.7 Å². The van der Waals surface area contributed by atoms with Gasteiger partial charge in [-0.25, -0.2) is 0 Å². The van der Waals surface area contributed by atoms with Crippen molar-refractivity contribution in [3.63, 3.8) is 0 Å². The molecule has 0 aliphatic carbocycles. The predicted octanol–water partition coefficient (Wildman–Crippen LogP) is 4.21. The molecule has 0 saturated carbocycles. The van der Waals surface area contributed by atoms with Gasteiger partial charge in [-0.15, -0.1) is 0 Å². The van der Waals surface area contributed by atoms with Crippen LogP contribution in [0.2, 0.25) is 0 Å². The standard InChI is InChI=1S/C16H13BrO2/c1-11-2-4-12(5-3-11)15(18)10-16(19)13-6-8-14(17)9-7-13/h2-9H,10H2,1H3. The Morgan fingerprint density at radius 2 is 1.26 bits per heavy atom. The number of aryl methyl sites for hydroxylation is 1. The summed E-state index contributed by atoms with van der Waals surface area (Å²) in [6.45, 7) is 1.96. The van der Waals surface area contributed by atoms with Crippen molar-refractivity contribution in [2.24, 2.45) is 0 Å². The molecule has 0 atom stereocenters. The van der Waals surface area contributed by atoms with E-state index in [0.717, 1.165) is 10.0 Å². The monoisotopic (exact) mass is 316 g/mol. The van der Waals surface area contributed by atoms with Crippen molar-refractivity contribution in [2.45, 2.75) is 13.3 Å². The number of halogens is 1.